The van der Waals surface area contributed by atoms with Gasteiger partial charge >= 0.3 is 0 Å². The molecule has 2 N–H and O–H groups in total. The van der Waals surface area contributed by atoms with E-state index in [0.29, 0.717) is 11.3 Å². The van der Waals surface area contributed by atoms with Crippen molar-refractivity contribution in [1.29, 1.82) is 0 Å². The summed E-state index contributed by atoms with van der Waals surface area (Å²) in [7, 11) is 0. The second-order valence-corrected chi connectivity index (χ2v) is 3.30. The fourth-order valence-electron chi connectivity index (χ4n) is 1.12. The Morgan fingerprint density at radius 3 is 2.15 bits per heavy atom. The first-order chi connectivity index (χ1) is 9.60. The van der Waals surface area contributed by atoms with Crippen LogP contribution in [-0.2, 0) is 4.79 Å². The molecule has 0 aliphatic carbocycles. The molecule has 0 aliphatic heterocycles. The molecule has 110 valence electrons. The average Bonchev–Trinajstić information content (AvgIpc) is 2.49. The first-order valence-electron chi connectivity index (χ1n) is 6.55. The fraction of sp³-hybridized carbons (Fsp3) is 0.235. The van der Waals surface area contributed by atoms with Gasteiger partial charge in [0.25, 0.3) is 5.91 Å². The van der Waals surface area contributed by atoms with E-state index in [-0.39, 0.29) is 11.7 Å². The SMILES string of the molecule is C=C/C=C(\C=C)C(=O)NC(=C/C)/C(O)=C\C=C/C.CC. The maximum absolute atomic E-state index is 11.8. The summed E-state index contributed by atoms with van der Waals surface area (Å²) in [6, 6.07) is 0. The molecule has 3 nitrogen and oxygen atoms in total. The Morgan fingerprint density at radius 2 is 1.75 bits per heavy atom. The van der Waals surface area contributed by atoms with Gasteiger partial charge in [-0.25, -0.2) is 0 Å². The number of aliphatic hydroxyl groups excluding tert-OH is 1. The molecule has 0 aromatic carbocycles. The van der Waals surface area contributed by atoms with Crippen molar-refractivity contribution in [2.24, 2.45) is 0 Å². The molecule has 0 heterocycles. The summed E-state index contributed by atoms with van der Waals surface area (Å²) in [5.41, 5.74) is 0.720. The Kier molecular flexibility index (Phi) is 13.2. The number of allylic oxidation sites excluding steroid dienone is 6. The van der Waals surface area contributed by atoms with Crippen molar-refractivity contribution in [3.63, 3.8) is 0 Å². The molecule has 0 spiro atoms. The van der Waals surface area contributed by atoms with E-state index in [1.54, 1.807) is 31.2 Å². The lowest BCUT2D eigenvalue weighted by Crippen LogP contribution is -2.24. The van der Waals surface area contributed by atoms with Crippen LogP contribution in [0.5, 0.6) is 0 Å². The van der Waals surface area contributed by atoms with Crippen molar-refractivity contribution in [3.05, 3.63) is 72.7 Å². The van der Waals surface area contributed by atoms with Crippen LogP contribution >= 0.6 is 0 Å². The Bertz CT molecular complexity index is 438. The fourth-order valence-corrected chi connectivity index (χ4v) is 1.12. The van der Waals surface area contributed by atoms with Crippen molar-refractivity contribution >= 4 is 5.91 Å². The van der Waals surface area contributed by atoms with Crippen molar-refractivity contribution in [2.45, 2.75) is 27.7 Å². The molecule has 0 aromatic rings. The highest BCUT2D eigenvalue weighted by Crippen LogP contribution is 2.06. The van der Waals surface area contributed by atoms with Crippen LogP contribution in [0.1, 0.15) is 27.7 Å². The maximum atomic E-state index is 11.8. The molecule has 20 heavy (non-hydrogen) atoms. The summed E-state index contributed by atoms with van der Waals surface area (Å²) in [6.07, 6.45) is 11.0. The molecule has 0 aromatic heterocycles. The predicted octanol–water partition coefficient (Wildman–Crippen LogP) is 4.35. The molecule has 0 atom stereocenters. The molecule has 0 bridgehead atoms. The van der Waals surface area contributed by atoms with Gasteiger partial charge in [0.2, 0.25) is 0 Å². The molecule has 0 fully saturated rings. The van der Waals surface area contributed by atoms with Crippen LogP contribution in [0.4, 0.5) is 0 Å². The van der Waals surface area contributed by atoms with E-state index in [1.165, 1.54) is 18.2 Å². The number of aliphatic hydroxyl groups is 1. The first kappa shape index (κ1) is 20.0. The zero-order valence-corrected chi connectivity index (χ0v) is 12.8. The van der Waals surface area contributed by atoms with Crippen LogP contribution in [0, 0.1) is 0 Å². The quantitative estimate of drug-likeness (QED) is 0.430. The number of amides is 1. The predicted molar refractivity (Wildman–Crippen MR) is 87.3 cm³/mol. The minimum Gasteiger partial charge on any atom is -0.506 e. The number of rotatable bonds is 6. The van der Waals surface area contributed by atoms with Crippen molar-refractivity contribution in [2.75, 3.05) is 0 Å². The maximum Gasteiger partial charge on any atom is 0.255 e. The second kappa shape index (κ2) is 13.1. The van der Waals surface area contributed by atoms with Crippen LogP contribution in [-0.4, -0.2) is 11.0 Å². The third-order valence-electron chi connectivity index (χ3n) is 2.04. The van der Waals surface area contributed by atoms with E-state index in [4.69, 9.17) is 0 Å². The minimum absolute atomic E-state index is 0.00837. The largest absolute Gasteiger partial charge is 0.506 e. The van der Waals surface area contributed by atoms with Gasteiger partial charge in [-0.05, 0) is 19.9 Å². The summed E-state index contributed by atoms with van der Waals surface area (Å²) >= 11 is 0. The number of nitrogens with one attached hydrogen (secondary N) is 1. The number of carbonyl (C=O) groups is 1. The topological polar surface area (TPSA) is 49.3 Å². The third kappa shape index (κ3) is 7.93. The molecule has 0 rings (SSSR count). The van der Waals surface area contributed by atoms with E-state index < -0.39 is 0 Å². The number of hydrogen-bond donors (Lipinski definition) is 2. The lowest BCUT2D eigenvalue weighted by molar-refractivity contribution is -0.116. The van der Waals surface area contributed by atoms with E-state index >= 15 is 0 Å². The third-order valence-corrected chi connectivity index (χ3v) is 2.04. The Hall–Kier alpha value is -2.29. The van der Waals surface area contributed by atoms with Gasteiger partial charge in [-0.15, -0.1) is 0 Å². The van der Waals surface area contributed by atoms with Crippen LogP contribution in [0.3, 0.4) is 0 Å². The lowest BCUT2D eigenvalue weighted by atomic mass is 10.2. The molecule has 1 amide bonds. The van der Waals surface area contributed by atoms with Crippen LogP contribution in [0.25, 0.3) is 0 Å². The zero-order valence-electron chi connectivity index (χ0n) is 12.8. The number of carbonyl (C=O) groups excluding carboxylic acids is 1. The van der Waals surface area contributed by atoms with E-state index in [9.17, 15) is 9.90 Å². The van der Waals surface area contributed by atoms with Crippen LogP contribution in [0.2, 0.25) is 0 Å². The van der Waals surface area contributed by atoms with Crippen LogP contribution in [0.15, 0.2) is 72.7 Å². The van der Waals surface area contributed by atoms with Gasteiger partial charge in [0.1, 0.15) is 5.76 Å². The molecular formula is C17H25NO2. The molecule has 0 saturated heterocycles. The highest BCUT2D eigenvalue weighted by Gasteiger charge is 2.09. The van der Waals surface area contributed by atoms with E-state index in [2.05, 4.69) is 18.5 Å². The van der Waals surface area contributed by atoms with Gasteiger partial charge in [0.15, 0.2) is 0 Å². The van der Waals surface area contributed by atoms with Gasteiger partial charge in [-0.2, -0.15) is 0 Å². The summed E-state index contributed by atoms with van der Waals surface area (Å²) in [6.45, 7) is 14.6. The van der Waals surface area contributed by atoms with Crippen molar-refractivity contribution in [1.82, 2.24) is 5.32 Å². The smallest absolute Gasteiger partial charge is 0.255 e. The molecule has 3 heteroatoms. The van der Waals surface area contributed by atoms with Crippen molar-refractivity contribution in [3.8, 4) is 0 Å². The van der Waals surface area contributed by atoms with Crippen molar-refractivity contribution < 1.29 is 9.90 Å². The van der Waals surface area contributed by atoms with E-state index in [0.717, 1.165) is 0 Å². The summed E-state index contributed by atoms with van der Waals surface area (Å²) in [5.74, 6) is -0.357. The standard InChI is InChI=1S/C15H19NO2.C2H6/c1-5-9-11-14(17)13(8-4)16-15(18)12(7-3)10-6-2;1-2/h5-11,17H,2-3H2,1,4H3,(H,16,18);1-2H3/b9-5-,12-10+,13-8+,14-11+;. The molecule has 0 radical (unpaired) electrons. The Morgan fingerprint density at radius 1 is 1.15 bits per heavy atom. The minimum atomic E-state index is -0.349. The molecule has 0 unspecified atom stereocenters. The molecule has 0 saturated carbocycles. The van der Waals surface area contributed by atoms with Gasteiger partial charge in [0.05, 0.1) is 5.70 Å². The second-order valence-electron chi connectivity index (χ2n) is 3.30. The summed E-state index contributed by atoms with van der Waals surface area (Å²) < 4.78 is 0. The zero-order chi connectivity index (χ0) is 16.0. The Labute approximate surface area is 122 Å². The summed E-state index contributed by atoms with van der Waals surface area (Å²) in [5, 5.41) is 12.3. The van der Waals surface area contributed by atoms with Gasteiger partial charge in [-0.1, -0.05) is 63.5 Å². The highest BCUT2D eigenvalue weighted by atomic mass is 16.3. The normalized spacial score (nSPS) is 12.5. The van der Waals surface area contributed by atoms with Gasteiger partial charge in [-0.3, -0.25) is 4.79 Å². The van der Waals surface area contributed by atoms with Gasteiger partial charge < -0.3 is 10.4 Å². The Balaban J connectivity index is 0. The van der Waals surface area contributed by atoms with E-state index in [1.807, 2.05) is 20.8 Å². The lowest BCUT2D eigenvalue weighted by Gasteiger charge is -2.08. The van der Waals surface area contributed by atoms with Gasteiger partial charge in [0, 0.05) is 5.57 Å². The molecule has 0 aliphatic rings. The molecular weight excluding hydrogens is 250 g/mol. The monoisotopic (exact) mass is 275 g/mol. The highest BCUT2D eigenvalue weighted by molar-refractivity contribution is 5.97. The first-order valence-corrected chi connectivity index (χ1v) is 6.55. The van der Waals surface area contributed by atoms with Crippen LogP contribution < -0.4 is 5.32 Å². The summed E-state index contributed by atoms with van der Waals surface area (Å²) in [4.78, 5) is 11.8. The number of hydrogen-bond acceptors (Lipinski definition) is 2. The average molecular weight is 275 g/mol.